The molecule has 0 amide bonds. The molecule has 126 valence electrons. The van der Waals surface area contributed by atoms with Crippen LogP contribution in [0.1, 0.15) is 27.6 Å². The molecule has 0 aliphatic heterocycles. The van der Waals surface area contributed by atoms with Crippen molar-refractivity contribution in [2.75, 3.05) is 13.2 Å². The van der Waals surface area contributed by atoms with E-state index in [2.05, 4.69) is 0 Å². The second-order valence-corrected chi connectivity index (χ2v) is 5.39. The SMILES string of the molecule is CC(COc1ccc(C(=O)O)cc1)COc1ccc(C(=O)O)cc1. The van der Waals surface area contributed by atoms with Crippen molar-refractivity contribution in [3.05, 3.63) is 59.7 Å². The zero-order chi connectivity index (χ0) is 17.5. The van der Waals surface area contributed by atoms with Crippen molar-refractivity contribution in [1.82, 2.24) is 0 Å². The van der Waals surface area contributed by atoms with E-state index in [-0.39, 0.29) is 17.0 Å². The molecule has 2 N–H and O–H groups in total. The van der Waals surface area contributed by atoms with Crippen molar-refractivity contribution in [3.63, 3.8) is 0 Å². The topological polar surface area (TPSA) is 93.1 Å². The molecule has 0 fully saturated rings. The van der Waals surface area contributed by atoms with Crippen LogP contribution in [-0.2, 0) is 0 Å². The Morgan fingerprint density at radius 1 is 0.792 bits per heavy atom. The predicted molar refractivity (Wildman–Crippen MR) is 87.0 cm³/mol. The van der Waals surface area contributed by atoms with Crippen LogP contribution in [0, 0.1) is 5.92 Å². The normalized spacial score (nSPS) is 10.4. The number of carbonyl (C=O) groups is 2. The summed E-state index contributed by atoms with van der Waals surface area (Å²) >= 11 is 0. The molecule has 0 radical (unpaired) electrons. The average Bonchev–Trinajstić information content (AvgIpc) is 2.58. The lowest BCUT2D eigenvalue weighted by atomic mass is 10.2. The number of aromatic carboxylic acids is 2. The van der Waals surface area contributed by atoms with Gasteiger partial charge in [0.15, 0.2) is 0 Å². The Balaban J connectivity index is 1.77. The van der Waals surface area contributed by atoms with Gasteiger partial charge in [-0.2, -0.15) is 0 Å². The average molecular weight is 330 g/mol. The van der Waals surface area contributed by atoms with Crippen molar-refractivity contribution in [2.45, 2.75) is 6.92 Å². The summed E-state index contributed by atoms with van der Waals surface area (Å²) in [5, 5.41) is 17.7. The van der Waals surface area contributed by atoms with Gasteiger partial charge >= 0.3 is 11.9 Å². The van der Waals surface area contributed by atoms with Crippen LogP contribution in [0.4, 0.5) is 0 Å². The van der Waals surface area contributed by atoms with Crippen LogP contribution in [0.15, 0.2) is 48.5 Å². The fourth-order valence-corrected chi connectivity index (χ4v) is 1.91. The lowest BCUT2D eigenvalue weighted by Crippen LogP contribution is -2.16. The summed E-state index contributed by atoms with van der Waals surface area (Å²) in [6.45, 7) is 2.79. The molecular formula is C18H18O6. The van der Waals surface area contributed by atoms with Crippen LogP contribution in [0.5, 0.6) is 11.5 Å². The predicted octanol–water partition coefficient (Wildman–Crippen LogP) is 3.18. The van der Waals surface area contributed by atoms with Gasteiger partial charge in [-0.15, -0.1) is 0 Å². The maximum atomic E-state index is 10.8. The molecule has 0 aliphatic rings. The summed E-state index contributed by atoms with van der Waals surface area (Å²) in [7, 11) is 0. The maximum absolute atomic E-state index is 10.8. The van der Waals surface area contributed by atoms with Gasteiger partial charge < -0.3 is 19.7 Å². The summed E-state index contributed by atoms with van der Waals surface area (Å²) in [4.78, 5) is 21.5. The van der Waals surface area contributed by atoms with E-state index >= 15 is 0 Å². The first-order valence-corrected chi connectivity index (χ1v) is 7.38. The van der Waals surface area contributed by atoms with E-state index in [0.29, 0.717) is 24.7 Å². The first kappa shape index (κ1) is 17.3. The molecule has 6 nitrogen and oxygen atoms in total. The van der Waals surface area contributed by atoms with Gasteiger partial charge in [0.25, 0.3) is 0 Å². The highest BCUT2D eigenvalue weighted by Gasteiger charge is 2.07. The van der Waals surface area contributed by atoms with Crippen LogP contribution >= 0.6 is 0 Å². The number of carboxylic acid groups (broad SMARTS) is 2. The fourth-order valence-electron chi connectivity index (χ4n) is 1.91. The third kappa shape index (κ3) is 5.01. The molecule has 0 unspecified atom stereocenters. The van der Waals surface area contributed by atoms with Gasteiger partial charge in [0.05, 0.1) is 24.3 Å². The van der Waals surface area contributed by atoms with Gasteiger partial charge in [0.2, 0.25) is 0 Å². The van der Waals surface area contributed by atoms with Crippen molar-refractivity contribution in [2.24, 2.45) is 5.92 Å². The minimum Gasteiger partial charge on any atom is -0.493 e. The molecule has 0 saturated carbocycles. The van der Waals surface area contributed by atoms with Gasteiger partial charge in [-0.25, -0.2) is 9.59 Å². The molecule has 0 aromatic heterocycles. The van der Waals surface area contributed by atoms with Crippen molar-refractivity contribution < 1.29 is 29.3 Å². The van der Waals surface area contributed by atoms with Crippen molar-refractivity contribution in [3.8, 4) is 11.5 Å². The molecule has 6 heteroatoms. The van der Waals surface area contributed by atoms with Gasteiger partial charge in [-0.1, -0.05) is 6.92 Å². The van der Waals surface area contributed by atoms with Gasteiger partial charge in [-0.3, -0.25) is 0 Å². The highest BCUT2D eigenvalue weighted by Crippen LogP contribution is 2.15. The van der Waals surface area contributed by atoms with E-state index in [1.807, 2.05) is 6.92 Å². The van der Waals surface area contributed by atoms with Gasteiger partial charge in [-0.05, 0) is 48.5 Å². The Labute approximate surface area is 139 Å². The number of hydrogen-bond donors (Lipinski definition) is 2. The highest BCUT2D eigenvalue weighted by molar-refractivity contribution is 5.88. The monoisotopic (exact) mass is 330 g/mol. The molecule has 0 spiro atoms. The van der Waals surface area contributed by atoms with Gasteiger partial charge in [0.1, 0.15) is 11.5 Å². The van der Waals surface area contributed by atoms with E-state index in [4.69, 9.17) is 19.7 Å². The molecule has 0 aliphatic carbocycles. The first-order chi connectivity index (χ1) is 11.5. The second kappa shape index (κ2) is 8.01. The minimum absolute atomic E-state index is 0.100. The summed E-state index contributed by atoms with van der Waals surface area (Å²) in [5.41, 5.74) is 0.423. The van der Waals surface area contributed by atoms with E-state index in [0.717, 1.165) is 0 Å². The summed E-state index contributed by atoms with van der Waals surface area (Å²) in [5.74, 6) is -0.659. The summed E-state index contributed by atoms with van der Waals surface area (Å²) in [6.07, 6.45) is 0. The lowest BCUT2D eigenvalue weighted by molar-refractivity contribution is 0.0686. The number of carboxylic acids is 2. The number of hydrogen-bond acceptors (Lipinski definition) is 4. The number of benzene rings is 2. The van der Waals surface area contributed by atoms with Crippen molar-refractivity contribution >= 4 is 11.9 Å². The van der Waals surface area contributed by atoms with Crippen LogP contribution < -0.4 is 9.47 Å². The quantitative estimate of drug-likeness (QED) is 0.772. The molecule has 0 saturated heterocycles. The molecule has 0 bridgehead atoms. The lowest BCUT2D eigenvalue weighted by Gasteiger charge is -2.14. The smallest absolute Gasteiger partial charge is 0.335 e. The molecule has 0 heterocycles. The van der Waals surface area contributed by atoms with E-state index in [1.54, 1.807) is 24.3 Å². The summed E-state index contributed by atoms with van der Waals surface area (Å²) < 4.78 is 11.2. The Hall–Kier alpha value is -3.02. The molecule has 2 rings (SSSR count). The second-order valence-electron chi connectivity index (χ2n) is 5.39. The molecular weight excluding hydrogens is 312 g/mol. The Bertz CT molecular complexity index is 629. The Morgan fingerprint density at radius 3 is 1.42 bits per heavy atom. The molecule has 0 atom stereocenters. The molecule has 2 aromatic rings. The fraction of sp³-hybridized carbons (Fsp3) is 0.222. The van der Waals surface area contributed by atoms with Gasteiger partial charge in [0, 0.05) is 5.92 Å². The van der Waals surface area contributed by atoms with Crippen LogP contribution in [-0.4, -0.2) is 35.4 Å². The standard InChI is InChI=1S/C18H18O6/c1-12(10-23-15-6-2-13(3-7-15)17(19)20)11-24-16-8-4-14(5-9-16)18(21)22/h2-9,12H,10-11H2,1H3,(H,19,20)(H,21,22). The Kier molecular flexibility index (Phi) is 5.78. The third-order valence-corrected chi connectivity index (χ3v) is 3.27. The molecule has 2 aromatic carbocycles. The van der Waals surface area contributed by atoms with Crippen LogP contribution in [0.2, 0.25) is 0 Å². The highest BCUT2D eigenvalue weighted by atomic mass is 16.5. The third-order valence-electron chi connectivity index (χ3n) is 3.27. The van der Waals surface area contributed by atoms with Crippen molar-refractivity contribution in [1.29, 1.82) is 0 Å². The Morgan fingerprint density at radius 2 is 1.12 bits per heavy atom. The number of ether oxygens (including phenoxy) is 2. The zero-order valence-electron chi connectivity index (χ0n) is 13.1. The number of rotatable bonds is 8. The van der Waals surface area contributed by atoms with Crippen LogP contribution in [0.3, 0.4) is 0 Å². The molecule has 24 heavy (non-hydrogen) atoms. The van der Waals surface area contributed by atoms with E-state index < -0.39 is 11.9 Å². The largest absolute Gasteiger partial charge is 0.493 e. The van der Waals surface area contributed by atoms with Crippen LogP contribution in [0.25, 0.3) is 0 Å². The minimum atomic E-state index is -0.975. The summed E-state index contributed by atoms with van der Waals surface area (Å²) in [6, 6.07) is 12.4. The van der Waals surface area contributed by atoms with E-state index in [9.17, 15) is 9.59 Å². The maximum Gasteiger partial charge on any atom is 0.335 e. The first-order valence-electron chi connectivity index (χ1n) is 7.38. The van der Waals surface area contributed by atoms with E-state index in [1.165, 1.54) is 24.3 Å². The zero-order valence-corrected chi connectivity index (χ0v) is 13.1.